The van der Waals surface area contributed by atoms with Crippen LogP contribution < -0.4 is 5.32 Å². The Hall–Kier alpha value is -2.04. The normalized spacial score (nSPS) is 22.2. The fraction of sp³-hybridized carbons (Fsp3) is 0.467. The molecule has 5 heteroatoms. The molecule has 1 saturated carbocycles. The summed E-state index contributed by atoms with van der Waals surface area (Å²) in [6.07, 6.45) is 3.88. The van der Waals surface area contributed by atoms with Crippen LogP contribution in [0, 0.1) is 11.8 Å². The monoisotopic (exact) mass is 277 g/mol. The minimum atomic E-state index is -1.19. The summed E-state index contributed by atoms with van der Waals surface area (Å²) in [7, 11) is 0. The number of carboxylic acid groups (broad SMARTS) is 1. The first-order chi connectivity index (χ1) is 9.47. The van der Waals surface area contributed by atoms with Crippen molar-refractivity contribution in [1.82, 2.24) is 0 Å². The molecule has 108 valence electrons. The van der Waals surface area contributed by atoms with Crippen LogP contribution in [0.2, 0.25) is 0 Å². The molecule has 0 atom stereocenters. The molecular formula is C15H19NO4. The van der Waals surface area contributed by atoms with Crippen molar-refractivity contribution in [1.29, 1.82) is 0 Å². The maximum atomic E-state index is 12.1. The van der Waals surface area contributed by atoms with Crippen LogP contribution in [0.3, 0.4) is 0 Å². The molecule has 0 heterocycles. The molecule has 0 saturated heterocycles. The molecule has 5 nitrogen and oxygen atoms in total. The topological polar surface area (TPSA) is 86.6 Å². The number of nitrogens with one attached hydrogen (secondary N) is 1. The van der Waals surface area contributed by atoms with Crippen molar-refractivity contribution in [2.24, 2.45) is 11.8 Å². The highest BCUT2D eigenvalue weighted by atomic mass is 16.4. The van der Waals surface area contributed by atoms with Crippen molar-refractivity contribution in [3.63, 3.8) is 0 Å². The minimum Gasteiger partial charge on any atom is -0.507 e. The predicted molar refractivity (Wildman–Crippen MR) is 74.8 cm³/mol. The lowest BCUT2D eigenvalue weighted by Crippen LogP contribution is -2.26. The summed E-state index contributed by atoms with van der Waals surface area (Å²) in [4.78, 5) is 22.9. The number of hydrogen-bond acceptors (Lipinski definition) is 3. The van der Waals surface area contributed by atoms with Gasteiger partial charge in [-0.3, -0.25) is 4.79 Å². The summed E-state index contributed by atoms with van der Waals surface area (Å²) >= 11 is 0. The highest BCUT2D eigenvalue weighted by molar-refractivity contribution is 5.95. The van der Waals surface area contributed by atoms with Crippen LogP contribution in [0.25, 0.3) is 0 Å². The van der Waals surface area contributed by atoms with Gasteiger partial charge in [-0.1, -0.05) is 6.92 Å². The molecule has 1 amide bonds. The van der Waals surface area contributed by atoms with Crippen LogP contribution in [0.15, 0.2) is 18.2 Å². The number of phenols is 1. The van der Waals surface area contributed by atoms with E-state index in [0.29, 0.717) is 11.6 Å². The van der Waals surface area contributed by atoms with Gasteiger partial charge in [-0.05, 0) is 43.7 Å². The quantitative estimate of drug-likeness (QED) is 0.793. The van der Waals surface area contributed by atoms with Gasteiger partial charge in [0.15, 0.2) is 0 Å². The van der Waals surface area contributed by atoms with Gasteiger partial charge in [-0.25, -0.2) is 4.79 Å². The highest BCUT2D eigenvalue weighted by Crippen LogP contribution is 2.29. The van der Waals surface area contributed by atoms with Crippen LogP contribution in [-0.4, -0.2) is 22.1 Å². The average Bonchev–Trinajstić information content (AvgIpc) is 2.39. The molecule has 0 spiro atoms. The average molecular weight is 277 g/mol. The first-order valence-corrected chi connectivity index (χ1v) is 6.84. The first-order valence-electron chi connectivity index (χ1n) is 6.84. The number of carboxylic acids is 1. The summed E-state index contributed by atoms with van der Waals surface area (Å²) in [5.41, 5.74) is 0.255. The number of rotatable bonds is 3. The fourth-order valence-corrected chi connectivity index (χ4v) is 2.56. The van der Waals surface area contributed by atoms with Crippen molar-refractivity contribution in [2.75, 3.05) is 5.32 Å². The van der Waals surface area contributed by atoms with E-state index in [0.717, 1.165) is 25.7 Å². The Morgan fingerprint density at radius 3 is 2.40 bits per heavy atom. The number of benzene rings is 1. The molecule has 0 aliphatic heterocycles. The van der Waals surface area contributed by atoms with Gasteiger partial charge < -0.3 is 15.5 Å². The number of anilines is 1. The van der Waals surface area contributed by atoms with E-state index in [2.05, 4.69) is 12.2 Å². The number of aromatic hydroxyl groups is 1. The van der Waals surface area contributed by atoms with Crippen molar-refractivity contribution in [3.8, 4) is 5.75 Å². The molecule has 0 aromatic heterocycles. The van der Waals surface area contributed by atoms with Crippen LogP contribution in [-0.2, 0) is 4.79 Å². The van der Waals surface area contributed by atoms with Crippen molar-refractivity contribution in [2.45, 2.75) is 32.6 Å². The van der Waals surface area contributed by atoms with Gasteiger partial charge in [-0.15, -0.1) is 0 Å². The molecule has 3 N–H and O–H groups in total. The Bertz CT molecular complexity index is 519. The molecule has 1 aromatic carbocycles. The third kappa shape index (κ3) is 3.29. The van der Waals surface area contributed by atoms with E-state index in [4.69, 9.17) is 5.11 Å². The number of amides is 1. The van der Waals surface area contributed by atoms with E-state index >= 15 is 0 Å². The minimum absolute atomic E-state index is 0.00694. The van der Waals surface area contributed by atoms with Gasteiger partial charge in [0.25, 0.3) is 0 Å². The van der Waals surface area contributed by atoms with Gasteiger partial charge in [0.1, 0.15) is 11.3 Å². The van der Waals surface area contributed by atoms with Crippen LogP contribution in [0.5, 0.6) is 5.75 Å². The van der Waals surface area contributed by atoms with E-state index in [1.165, 1.54) is 18.2 Å². The summed E-state index contributed by atoms with van der Waals surface area (Å²) in [5.74, 6) is -0.904. The maximum absolute atomic E-state index is 12.1. The molecule has 20 heavy (non-hydrogen) atoms. The zero-order valence-electron chi connectivity index (χ0n) is 11.4. The lowest BCUT2D eigenvalue weighted by Gasteiger charge is -2.25. The number of carbonyl (C=O) groups is 2. The third-order valence-electron chi connectivity index (χ3n) is 3.88. The second-order valence-corrected chi connectivity index (χ2v) is 5.48. The predicted octanol–water partition coefficient (Wildman–Crippen LogP) is 2.86. The van der Waals surface area contributed by atoms with Crippen molar-refractivity contribution >= 4 is 17.6 Å². The summed E-state index contributed by atoms with van der Waals surface area (Å²) < 4.78 is 0. The SMILES string of the molecule is CC1CCC(C(=O)Nc2ccc(C(=O)O)c(O)c2)CC1. The molecule has 0 radical (unpaired) electrons. The van der Waals surface area contributed by atoms with Gasteiger partial charge in [0.05, 0.1) is 0 Å². The Balaban J connectivity index is 2.01. The molecule has 0 unspecified atom stereocenters. The standard InChI is InChI=1S/C15H19NO4/c1-9-2-4-10(5-3-9)14(18)16-11-6-7-12(15(19)20)13(17)8-11/h6-10,17H,2-5H2,1H3,(H,16,18)(H,19,20). The number of carbonyl (C=O) groups excluding carboxylic acids is 1. The lowest BCUT2D eigenvalue weighted by molar-refractivity contribution is -0.121. The largest absolute Gasteiger partial charge is 0.507 e. The van der Waals surface area contributed by atoms with Gasteiger partial charge >= 0.3 is 5.97 Å². The molecule has 1 aliphatic carbocycles. The van der Waals surface area contributed by atoms with Crippen LogP contribution in [0.4, 0.5) is 5.69 Å². The molecule has 1 fully saturated rings. The Morgan fingerprint density at radius 2 is 1.85 bits per heavy atom. The van der Waals surface area contributed by atoms with Gasteiger partial charge in [0.2, 0.25) is 5.91 Å². The molecule has 0 bridgehead atoms. The Kier molecular flexibility index (Phi) is 4.27. The van der Waals surface area contributed by atoms with E-state index in [9.17, 15) is 14.7 Å². The van der Waals surface area contributed by atoms with Crippen LogP contribution >= 0.6 is 0 Å². The fourth-order valence-electron chi connectivity index (χ4n) is 2.56. The summed E-state index contributed by atoms with van der Waals surface area (Å²) in [5, 5.41) is 21.1. The lowest BCUT2D eigenvalue weighted by atomic mass is 9.82. The molecule has 2 rings (SSSR count). The van der Waals surface area contributed by atoms with Crippen molar-refractivity contribution < 1.29 is 19.8 Å². The summed E-state index contributed by atoms with van der Waals surface area (Å²) in [6, 6.07) is 4.05. The zero-order valence-corrected chi connectivity index (χ0v) is 11.4. The van der Waals surface area contributed by atoms with Crippen molar-refractivity contribution in [3.05, 3.63) is 23.8 Å². The Morgan fingerprint density at radius 1 is 1.20 bits per heavy atom. The van der Waals surface area contributed by atoms with Gasteiger partial charge in [-0.2, -0.15) is 0 Å². The second-order valence-electron chi connectivity index (χ2n) is 5.48. The van der Waals surface area contributed by atoms with E-state index in [1.54, 1.807) is 0 Å². The second kappa shape index (κ2) is 5.94. The third-order valence-corrected chi connectivity index (χ3v) is 3.88. The van der Waals surface area contributed by atoms with Crippen LogP contribution in [0.1, 0.15) is 43.0 Å². The number of aromatic carboxylic acids is 1. The number of hydrogen-bond donors (Lipinski definition) is 3. The first kappa shape index (κ1) is 14.4. The molecule has 1 aromatic rings. The van der Waals surface area contributed by atoms with E-state index in [1.807, 2.05) is 0 Å². The van der Waals surface area contributed by atoms with E-state index < -0.39 is 5.97 Å². The van der Waals surface area contributed by atoms with E-state index in [-0.39, 0.29) is 23.1 Å². The molecular weight excluding hydrogens is 258 g/mol. The zero-order chi connectivity index (χ0) is 14.7. The highest BCUT2D eigenvalue weighted by Gasteiger charge is 2.24. The van der Waals surface area contributed by atoms with Gasteiger partial charge in [0, 0.05) is 17.7 Å². The Labute approximate surface area is 117 Å². The maximum Gasteiger partial charge on any atom is 0.339 e. The molecule has 1 aliphatic rings. The summed E-state index contributed by atoms with van der Waals surface area (Å²) in [6.45, 7) is 2.19. The smallest absolute Gasteiger partial charge is 0.339 e.